The average Bonchev–Trinajstić information content (AvgIpc) is 3.20. The summed E-state index contributed by atoms with van der Waals surface area (Å²) in [6.07, 6.45) is 2.44. The van der Waals surface area contributed by atoms with E-state index in [2.05, 4.69) is 5.16 Å². The van der Waals surface area contributed by atoms with Gasteiger partial charge in [0.05, 0.1) is 10.0 Å². The first kappa shape index (κ1) is 14.5. The lowest BCUT2D eigenvalue weighted by Crippen LogP contribution is -2.40. The molecule has 1 saturated carbocycles. The Morgan fingerprint density at radius 3 is 2.45 bits per heavy atom. The predicted octanol–water partition coefficient (Wildman–Crippen LogP) is 4.79. The van der Waals surface area contributed by atoms with Gasteiger partial charge in [-0.05, 0) is 31.9 Å². The summed E-state index contributed by atoms with van der Waals surface area (Å²) >= 11 is 12.6. The number of ether oxygens (including phenoxy) is 2. The predicted molar refractivity (Wildman–Crippen MR) is 83.1 cm³/mol. The van der Waals surface area contributed by atoms with Crippen LogP contribution in [-0.2, 0) is 15.9 Å². The van der Waals surface area contributed by atoms with Crippen molar-refractivity contribution >= 4 is 23.2 Å². The third-order valence-electron chi connectivity index (χ3n) is 4.02. The first-order chi connectivity index (χ1) is 10.6. The maximum atomic E-state index is 6.32. The number of halogens is 2. The van der Waals surface area contributed by atoms with E-state index in [1.165, 1.54) is 0 Å². The van der Waals surface area contributed by atoms with Gasteiger partial charge >= 0.3 is 0 Å². The summed E-state index contributed by atoms with van der Waals surface area (Å²) in [6, 6.07) is 5.42. The summed E-state index contributed by atoms with van der Waals surface area (Å²) in [5.41, 5.74) is 2.41. The van der Waals surface area contributed by atoms with Gasteiger partial charge < -0.3 is 14.0 Å². The van der Waals surface area contributed by atoms with Crippen LogP contribution in [0.2, 0.25) is 10.0 Å². The maximum absolute atomic E-state index is 6.32. The van der Waals surface area contributed by atoms with E-state index < -0.39 is 0 Å². The molecule has 0 spiro atoms. The maximum Gasteiger partial charge on any atom is 0.168 e. The highest BCUT2D eigenvalue weighted by Crippen LogP contribution is 2.46. The molecule has 0 bridgehead atoms. The van der Waals surface area contributed by atoms with Crippen LogP contribution in [0.5, 0.6) is 0 Å². The Kier molecular flexibility index (Phi) is 3.65. The molecule has 1 aliphatic carbocycles. The fraction of sp³-hybridized carbons (Fsp3) is 0.438. The van der Waals surface area contributed by atoms with Gasteiger partial charge in [-0.1, -0.05) is 34.4 Å². The minimum Gasteiger partial charge on any atom is -0.360 e. The smallest absolute Gasteiger partial charge is 0.168 e. The van der Waals surface area contributed by atoms with Crippen molar-refractivity contribution in [1.82, 2.24) is 5.16 Å². The first-order valence-electron chi connectivity index (χ1n) is 7.37. The molecular weight excluding hydrogens is 325 g/mol. The lowest BCUT2D eigenvalue weighted by atomic mass is 10.0. The van der Waals surface area contributed by atoms with E-state index in [0.29, 0.717) is 33.6 Å². The highest BCUT2D eigenvalue weighted by molar-refractivity contribution is 6.39. The van der Waals surface area contributed by atoms with Gasteiger partial charge in [0.1, 0.15) is 11.5 Å². The van der Waals surface area contributed by atoms with Crippen LogP contribution < -0.4 is 0 Å². The van der Waals surface area contributed by atoms with Gasteiger partial charge in [0.15, 0.2) is 12.6 Å². The molecule has 6 heteroatoms. The molecule has 0 atom stereocenters. The monoisotopic (exact) mass is 339 g/mol. The van der Waals surface area contributed by atoms with Gasteiger partial charge in [0, 0.05) is 23.5 Å². The van der Waals surface area contributed by atoms with Crippen LogP contribution in [-0.4, -0.2) is 17.7 Å². The number of rotatable bonds is 4. The summed E-state index contributed by atoms with van der Waals surface area (Å²) < 4.78 is 16.7. The number of benzene rings is 1. The SMILES string of the molecule is CC1OC(Cc2c(-c3c(Cl)cccc3Cl)noc2C2CC2)O1. The zero-order chi connectivity index (χ0) is 15.3. The Morgan fingerprint density at radius 2 is 1.86 bits per heavy atom. The number of hydrogen-bond donors (Lipinski definition) is 0. The molecule has 1 aromatic carbocycles. The van der Waals surface area contributed by atoms with Crippen molar-refractivity contribution in [3.8, 4) is 11.3 Å². The van der Waals surface area contributed by atoms with Gasteiger partial charge in [-0.15, -0.1) is 0 Å². The number of aromatic nitrogens is 1. The molecule has 2 fully saturated rings. The summed E-state index contributed by atoms with van der Waals surface area (Å²) in [6.45, 7) is 1.87. The molecule has 0 N–H and O–H groups in total. The summed E-state index contributed by atoms with van der Waals surface area (Å²) in [5.74, 6) is 1.35. The van der Waals surface area contributed by atoms with Gasteiger partial charge in [-0.25, -0.2) is 0 Å². The van der Waals surface area contributed by atoms with E-state index in [-0.39, 0.29) is 12.6 Å². The highest BCUT2D eigenvalue weighted by Gasteiger charge is 2.36. The van der Waals surface area contributed by atoms with Crippen molar-refractivity contribution in [2.45, 2.75) is 44.7 Å². The van der Waals surface area contributed by atoms with Crippen LogP contribution in [0.25, 0.3) is 11.3 Å². The van der Waals surface area contributed by atoms with E-state index >= 15 is 0 Å². The molecule has 1 saturated heterocycles. The van der Waals surface area contributed by atoms with Crippen molar-refractivity contribution in [1.29, 1.82) is 0 Å². The number of nitrogens with zero attached hydrogens (tertiary/aromatic N) is 1. The minimum atomic E-state index is -0.257. The fourth-order valence-corrected chi connectivity index (χ4v) is 3.38. The van der Waals surface area contributed by atoms with E-state index in [4.69, 9.17) is 37.2 Å². The lowest BCUT2D eigenvalue weighted by Gasteiger charge is -2.33. The Bertz CT molecular complexity index is 685. The van der Waals surface area contributed by atoms with Crippen molar-refractivity contribution < 1.29 is 14.0 Å². The molecule has 4 rings (SSSR count). The minimum absolute atomic E-state index is 0.151. The van der Waals surface area contributed by atoms with Crippen molar-refractivity contribution in [2.24, 2.45) is 0 Å². The van der Waals surface area contributed by atoms with Crippen LogP contribution >= 0.6 is 23.2 Å². The molecule has 1 aromatic heterocycles. The zero-order valence-corrected chi connectivity index (χ0v) is 13.5. The molecule has 0 radical (unpaired) electrons. The van der Waals surface area contributed by atoms with Crippen molar-refractivity contribution in [2.75, 3.05) is 0 Å². The van der Waals surface area contributed by atoms with E-state index in [9.17, 15) is 0 Å². The summed E-state index contributed by atoms with van der Waals surface area (Å²) in [5, 5.41) is 5.37. The second kappa shape index (κ2) is 5.53. The van der Waals surface area contributed by atoms with E-state index in [0.717, 1.165) is 24.2 Å². The fourth-order valence-electron chi connectivity index (χ4n) is 2.81. The normalized spacial score (nSPS) is 24.3. The largest absolute Gasteiger partial charge is 0.360 e. The Labute approximate surface area is 138 Å². The van der Waals surface area contributed by atoms with E-state index in [1.807, 2.05) is 13.0 Å². The van der Waals surface area contributed by atoms with Gasteiger partial charge in [0.25, 0.3) is 0 Å². The lowest BCUT2D eigenvalue weighted by molar-refractivity contribution is -0.374. The molecule has 2 heterocycles. The second-order valence-electron chi connectivity index (χ2n) is 5.72. The Morgan fingerprint density at radius 1 is 1.18 bits per heavy atom. The zero-order valence-electron chi connectivity index (χ0n) is 12.0. The standard InChI is InChI=1S/C16H15Cl2NO3/c1-8-20-13(21-8)7-10-15(19-22-16(10)9-5-6-9)14-11(17)3-2-4-12(14)18/h2-4,8-9,13H,5-7H2,1H3. The topological polar surface area (TPSA) is 44.5 Å². The third kappa shape index (κ3) is 2.54. The number of hydrogen-bond acceptors (Lipinski definition) is 4. The first-order valence-corrected chi connectivity index (χ1v) is 8.13. The summed E-state index contributed by atoms with van der Waals surface area (Å²) in [4.78, 5) is 0. The van der Waals surface area contributed by atoms with Gasteiger partial charge in [-0.3, -0.25) is 0 Å². The second-order valence-corrected chi connectivity index (χ2v) is 6.53. The molecule has 22 heavy (non-hydrogen) atoms. The van der Waals surface area contributed by atoms with Crippen LogP contribution in [0.15, 0.2) is 22.7 Å². The average molecular weight is 340 g/mol. The summed E-state index contributed by atoms with van der Waals surface area (Å²) in [7, 11) is 0. The molecule has 0 amide bonds. The van der Waals surface area contributed by atoms with Gasteiger partial charge in [-0.2, -0.15) is 0 Å². The Balaban J connectivity index is 1.75. The van der Waals surface area contributed by atoms with Crippen LogP contribution in [0, 0.1) is 0 Å². The molecule has 0 unspecified atom stereocenters. The van der Waals surface area contributed by atoms with Crippen LogP contribution in [0.3, 0.4) is 0 Å². The third-order valence-corrected chi connectivity index (χ3v) is 4.65. The van der Waals surface area contributed by atoms with Crippen molar-refractivity contribution in [3.05, 3.63) is 39.6 Å². The van der Waals surface area contributed by atoms with Crippen molar-refractivity contribution in [3.63, 3.8) is 0 Å². The van der Waals surface area contributed by atoms with Crippen LogP contribution in [0.1, 0.15) is 37.0 Å². The Hall–Kier alpha value is -1.07. The molecule has 4 nitrogen and oxygen atoms in total. The molecule has 2 aromatic rings. The highest BCUT2D eigenvalue weighted by atomic mass is 35.5. The molecule has 1 aliphatic heterocycles. The molecular formula is C16H15Cl2NO3. The van der Waals surface area contributed by atoms with Crippen LogP contribution in [0.4, 0.5) is 0 Å². The molecule has 2 aliphatic rings. The van der Waals surface area contributed by atoms with E-state index in [1.54, 1.807) is 12.1 Å². The quantitative estimate of drug-likeness (QED) is 0.803. The van der Waals surface area contributed by atoms with Gasteiger partial charge in [0.2, 0.25) is 0 Å². The molecule has 116 valence electrons.